The van der Waals surface area contributed by atoms with Gasteiger partial charge in [-0.15, -0.1) is 0 Å². The van der Waals surface area contributed by atoms with E-state index in [1.54, 1.807) is 48.4 Å². The number of rotatable bonds is 7. The first-order valence-corrected chi connectivity index (χ1v) is 12.9. The molecule has 2 amide bonds. The molecule has 4 aromatic carbocycles. The number of nitrogens with zero attached hydrogens (tertiary/aromatic N) is 1. The Hall–Kier alpha value is -4.36. The number of carbonyl (C=O) groups excluding carboxylic acids is 2. The lowest BCUT2D eigenvalue weighted by Gasteiger charge is -2.30. The molecule has 1 aliphatic rings. The number of amides is 2. The maximum Gasteiger partial charge on any atom is 0.265 e. The fraction of sp³-hybridized carbons (Fsp3) is 0.0968. The van der Waals surface area contributed by atoms with Crippen molar-refractivity contribution in [3.63, 3.8) is 0 Å². The quantitative estimate of drug-likeness (QED) is 0.283. The third-order valence-corrected chi connectivity index (χ3v) is 7.28. The van der Waals surface area contributed by atoms with Crippen LogP contribution in [0.5, 0.6) is 5.75 Å². The van der Waals surface area contributed by atoms with Gasteiger partial charge in [0.05, 0.1) is 24.2 Å². The summed E-state index contributed by atoms with van der Waals surface area (Å²) in [6.45, 7) is 0.532. The molecular weight excluding hydrogens is 499 g/mol. The molecule has 0 unspecified atom stereocenters. The van der Waals surface area contributed by atoms with E-state index < -0.39 is 0 Å². The van der Waals surface area contributed by atoms with Crippen LogP contribution in [0.25, 0.3) is 6.08 Å². The molecule has 0 spiro atoms. The molecule has 1 heterocycles. The molecule has 0 saturated heterocycles. The minimum Gasteiger partial charge on any atom is -0.497 e. The topological polar surface area (TPSA) is 58.6 Å². The molecule has 0 bridgehead atoms. The lowest BCUT2D eigenvalue weighted by Crippen LogP contribution is -2.34. The third-order valence-electron chi connectivity index (χ3n) is 6.20. The summed E-state index contributed by atoms with van der Waals surface area (Å²) in [4.78, 5) is 29.2. The number of ether oxygens (including phenoxy) is 1. The molecule has 5 rings (SSSR count). The minimum absolute atomic E-state index is 0.133. The van der Waals surface area contributed by atoms with E-state index in [0.29, 0.717) is 22.6 Å². The van der Waals surface area contributed by atoms with Gasteiger partial charge < -0.3 is 15.0 Å². The van der Waals surface area contributed by atoms with Crippen molar-refractivity contribution in [3.05, 3.63) is 130 Å². The van der Waals surface area contributed by atoms with Crippen molar-refractivity contribution in [2.75, 3.05) is 12.0 Å². The van der Waals surface area contributed by atoms with Crippen molar-refractivity contribution in [2.24, 2.45) is 0 Å². The number of halogens is 1. The van der Waals surface area contributed by atoms with E-state index in [-0.39, 0.29) is 24.2 Å². The van der Waals surface area contributed by atoms with Crippen LogP contribution in [0.15, 0.2) is 107 Å². The zero-order valence-electron chi connectivity index (χ0n) is 20.7. The van der Waals surface area contributed by atoms with Gasteiger partial charge in [-0.1, -0.05) is 66.4 Å². The van der Waals surface area contributed by atoms with Crippen molar-refractivity contribution in [2.45, 2.75) is 18.0 Å². The van der Waals surface area contributed by atoms with Gasteiger partial charge in [0.1, 0.15) is 11.6 Å². The maximum atomic E-state index is 14.4. The molecule has 38 heavy (non-hydrogen) atoms. The molecule has 7 heteroatoms. The fourth-order valence-electron chi connectivity index (χ4n) is 4.13. The van der Waals surface area contributed by atoms with E-state index in [0.717, 1.165) is 27.5 Å². The first-order chi connectivity index (χ1) is 18.5. The summed E-state index contributed by atoms with van der Waals surface area (Å²) in [6, 6.07) is 28.7. The summed E-state index contributed by atoms with van der Waals surface area (Å²) in [5.74, 6) is 0.0343. The highest BCUT2D eigenvalue weighted by atomic mass is 32.2. The average Bonchev–Trinajstić information content (AvgIpc) is 2.95. The Morgan fingerprint density at radius 2 is 1.66 bits per heavy atom. The van der Waals surface area contributed by atoms with Crippen molar-refractivity contribution in [3.8, 4) is 5.75 Å². The maximum absolute atomic E-state index is 14.4. The second-order valence-corrected chi connectivity index (χ2v) is 9.80. The van der Waals surface area contributed by atoms with E-state index in [1.165, 1.54) is 17.8 Å². The van der Waals surface area contributed by atoms with Crippen LogP contribution in [-0.4, -0.2) is 18.9 Å². The van der Waals surface area contributed by atoms with E-state index in [1.807, 2.05) is 60.7 Å². The van der Waals surface area contributed by atoms with Gasteiger partial charge in [0.2, 0.25) is 0 Å². The minimum atomic E-state index is -0.345. The van der Waals surface area contributed by atoms with Crippen LogP contribution in [-0.2, 0) is 17.9 Å². The van der Waals surface area contributed by atoms with Gasteiger partial charge in [-0.2, -0.15) is 0 Å². The fourth-order valence-corrected chi connectivity index (χ4v) is 5.18. The van der Waals surface area contributed by atoms with Gasteiger partial charge in [0, 0.05) is 22.6 Å². The summed E-state index contributed by atoms with van der Waals surface area (Å²) in [7, 11) is 1.61. The molecule has 0 aromatic heterocycles. The molecule has 0 radical (unpaired) electrons. The number of nitrogens with one attached hydrogen (secondary N) is 1. The molecule has 0 fully saturated rings. The number of benzene rings is 4. The summed E-state index contributed by atoms with van der Waals surface area (Å²) in [6.07, 6.45) is 1.80. The van der Waals surface area contributed by atoms with E-state index in [2.05, 4.69) is 5.32 Å². The molecule has 0 saturated carbocycles. The number of hydrogen-bond donors (Lipinski definition) is 1. The smallest absolute Gasteiger partial charge is 0.265 e. The second kappa shape index (κ2) is 11.4. The number of para-hydroxylation sites is 1. The summed E-state index contributed by atoms with van der Waals surface area (Å²) in [5.41, 5.74) is 3.49. The van der Waals surface area contributed by atoms with Gasteiger partial charge >= 0.3 is 0 Å². The normalized spacial score (nSPS) is 13.8. The number of carbonyl (C=O) groups is 2. The molecule has 4 aromatic rings. The van der Waals surface area contributed by atoms with Crippen LogP contribution in [0.1, 0.15) is 27.0 Å². The molecule has 1 N–H and O–H groups in total. The highest BCUT2D eigenvalue weighted by Crippen LogP contribution is 2.42. The zero-order valence-corrected chi connectivity index (χ0v) is 21.5. The van der Waals surface area contributed by atoms with Gasteiger partial charge in [-0.25, -0.2) is 4.39 Å². The number of hydrogen-bond acceptors (Lipinski definition) is 4. The van der Waals surface area contributed by atoms with Crippen molar-refractivity contribution in [1.29, 1.82) is 0 Å². The molecule has 190 valence electrons. The number of anilines is 1. The second-order valence-electron chi connectivity index (χ2n) is 8.71. The molecule has 0 atom stereocenters. The van der Waals surface area contributed by atoms with Gasteiger partial charge in [-0.3, -0.25) is 9.59 Å². The molecule has 1 aliphatic heterocycles. The summed E-state index contributed by atoms with van der Waals surface area (Å²) >= 11 is 1.39. The highest BCUT2D eigenvalue weighted by Gasteiger charge is 2.29. The van der Waals surface area contributed by atoms with Crippen LogP contribution in [0.4, 0.5) is 10.1 Å². The van der Waals surface area contributed by atoms with Crippen molar-refractivity contribution < 1.29 is 18.7 Å². The molecular formula is C31H25FN2O3S. The van der Waals surface area contributed by atoms with Crippen LogP contribution in [0, 0.1) is 5.82 Å². The Labute approximate surface area is 224 Å². The monoisotopic (exact) mass is 524 g/mol. The Balaban J connectivity index is 1.32. The lowest BCUT2D eigenvalue weighted by molar-refractivity contribution is -0.114. The largest absolute Gasteiger partial charge is 0.497 e. The van der Waals surface area contributed by atoms with E-state index in [9.17, 15) is 14.0 Å². The highest BCUT2D eigenvalue weighted by molar-refractivity contribution is 8.04. The predicted octanol–water partition coefficient (Wildman–Crippen LogP) is 6.44. The third kappa shape index (κ3) is 5.63. The number of fused-ring (bicyclic) bond motifs is 1. The lowest BCUT2D eigenvalue weighted by atomic mass is 10.1. The predicted molar refractivity (Wildman–Crippen MR) is 148 cm³/mol. The number of thioether (sulfide) groups is 1. The molecule has 0 aliphatic carbocycles. The SMILES string of the molecule is COc1ccc(CNC(=O)c2ccc(C=C3Sc4ccccc4N(Cc4ccccc4F)C3=O)cc2)cc1. The van der Waals surface area contributed by atoms with Gasteiger partial charge in [0.15, 0.2) is 0 Å². The Morgan fingerprint density at radius 3 is 2.39 bits per heavy atom. The van der Waals surface area contributed by atoms with E-state index >= 15 is 0 Å². The molecule has 5 nitrogen and oxygen atoms in total. The Morgan fingerprint density at radius 1 is 0.947 bits per heavy atom. The zero-order chi connectivity index (χ0) is 26.5. The average molecular weight is 525 g/mol. The number of methoxy groups -OCH3 is 1. The Kier molecular flexibility index (Phi) is 7.56. The summed E-state index contributed by atoms with van der Waals surface area (Å²) < 4.78 is 19.5. The van der Waals surface area contributed by atoms with Crippen LogP contribution in [0.2, 0.25) is 0 Å². The van der Waals surface area contributed by atoms with Gasteiger partial charge in [-0.05, 0) is 59.7 Å². The summed E-state index contributed by atoms with van der Waals surface area (Å²) in [5, 5.41) is 2.91. The first-order valence-electron chi connectivity index (χ1n) is 12.1. The first kappa shape index (κ1) is 25.3. The Bertz CT molecular complexity index is 1500. The standard InChI is InChI=1S/C31H25FN2O3S/c1-37-25-16-12-22(13-17-25)19-33-30(35)23-14-10-21(11-15-23)18-29-31(36)34(20-24-6-2-3-7-26(24)32)27-8-4-5-9-28(27)38-29/h2-18H,19-20H2,1H3,(H,33,35). The van der Waals surface area contributed by atoms with Crippen molar-refractivity contribution in [1.82, 2.24) is 5.32 Å². The van der Waals surface area contributed by atoms with Crippen LogP contribution < -0.4 is 15.0 Å². The van der Waals surface area contributed by atoms with E-state index in [4.69, 9.17) is 4.74 Å². The van der Waals surface area contributed by atoms with Crippen molar-refractivity contribution >= 4 is 35.3 Å². The van der Waals surface area contributed by atoms with Crippen LogP contribution in [0.3, 0.4) is 0 Å². The van der Waals surface area contributed by atoms with Crippen LogP contribution >= 0.6 is 11.8 Å². The van der Waals surface area contributed by atoms with Gasteiger partial charge in [0.25, 0.3) is 11.8 Å².